The molecule has 0 aliphatic rings. The van der Waals surface area contributed by atoms with Gasteiger partial charge in [0.25, 0.3) is 10.1 Å². The summed E-state index contributed by atoms with van der Waals surface area (Å²) in [5, 5.41) is 1.67. The summed E-state index contributed by atoms with van der Waals surface area (Å²) in [5.74, 6) is 0. The van der Waals surface area contributed by atoms with Crippen molar-refractivity contribution in [1.82, 2.24) is 0 Å². The lowest BCUT2D eigenvalue weighted by atomic mass is 10.1. The summed E-state index contributed by atoms with van der Waals surface area (Å²) >= 11 is 3.18. The molecule has 0 spiro atoms. The molecule has 0 unspecified atom stereocenters. The van der Waals surface area contributed by atoms with Gasteiger partial charge in [-0.3, -0.25) is 4.55 Å². The second kappa shape index (κ2) is 3.59. The van der Waals surface area contributed by atoms with Gasteiger partial charge in [0, 0.05) is 4.47 Å². The van der Waals surface area contributed by atoms with E-state index in [1.54, 1.807) is 18.2 Å². The molecular formula is C10H7BrO3S. The highest BCUT2D eigenvalue weighted by Gasteiger charge is 2.15. The fourth-order valence-electron chi connectivity index (χ4n) is 1.41. The first kappa shape index (κ1) is 10.6. The monoisotopic (exact) mass is 286 g/mol. The minimum Gasteiger partial charge on any atom is -0.282 e. The molecule has 1 N–H and O–H groups in total. The summed E-state index contributed by atoms with van der Waals surface area (Å²) in [6.07, 6.45) is 0. The summed E-state index contributed by atoms with van der Waals surface area (Å²) < 4.78 is 31.4. The van der Waals surface area contributed by atoms with Gasteiger partial charge in [-0.2, -0.15) is 8.42 Å². The van der Waals surface area contributed by atoms with Gasteiger partial charge in [-0.15, -0.1) is 0 Å². The number of benzene rings is 2. The van der Waals surface area contributed by atoms with Crippen molar-refractivity contribution in [3.63, 3.8) is 0 Å². The maximum absolute atomic E-state index is 11.0. The molecule has 15 heavy (non-hydrogen) atoms. The van der Waals surface area contributed by atoms with Gasteiger partial charge in [0.15, 0.2) is 0 Å². The molecule has 0 saturated heterocycles. The van der Waals surface area contributed by atoms with E-state index in [2.05, 4.69) is 15.9 Å². The lowest BCUT2D eigenvalue weighted by Crippen LogP contribution is -1.99. The molecule has 2 rings (SSSR count). The van der Waals surface area contributed by atoms with E-state index in [0.717, 1.165) is 10.8 Å². The van der Waals surface area contributed by atoms with Crippen LogP contribution in [0.5, 0.6) is 0 Å². The molecule has 0 aromatic heterocycles. The summed E-state index contributed by atoms with van der Waals surface area (Å²) in [6.45, 7) is 0. The molecule has 0 bridgehead atoms. The smallest absolute Gasteiger partial charge is 0.282 e. The van der Waals surface area contributed by atoms with Crippen LogP contribution < -0.4 is 0 Å². The van der Waals surface area contributed by atoms with Crippen molar-refractivity contribution in [2.24, 2.45) is 0 Å². The predicted octanol–water partition coefficient (Wildman–Crippen LogP) is 2.85. The molecule has 0 radical (unpaired) electrons. The molecule has 0 aliphatic carbocycles. The Hall–Kier alpha value is -0.910. The van der Waals surface area contributed by atoms with E-state index in [1.807, 2.05) is 12.1 Å². The van der Waals surface area contributed by atoms with Gasteiger partial charge in [-0.25, -0.2) is 0 Å². The van der Waals surface area contributed by atoms with Gasteiger partial charge in [-0.1, -0.05) is 30.3 Å². The third-order valence-corrected chi connectivity index (χ3v) is 4.12. The maximum Gasteiger partial charge on any atom is 0.295 e. The number of rotatable bonds is 1. The summed E-state index contributed by atoms with van der Waals surface area (Å²) in [4.78, 5) is -0.110. The van der Waals surface area contributed by atoms with E-state index in [4.69, 9.17) is 4.55 Å². The largest absolute Gasteiger partial charge is 0.295 e. The minimum atomic E-state index is -4.17. The molecule has 5 heteroatoms. The van der Waals surface area contributed by atoms with Crippen LogP contribution >= 0.6 is 15.9 Å². The Kier molecular flexibility index (Phi) is 2.54. The Balaban J connectivity index is 2.88. The molecule has 2 aromatic carbocycles. The van der Waals surface area contributed by atoms with Crippen molar-refractivity contribution in [2.45, 2.75) is 4.90 Å². The van der Waals surface area contributed by atoms with Crippen LogP contribution in [-0.2, 0) is 10.1 Å². The van der Waals surface area contributed by atoms with Crippen molar-refractivity contribution < 1.29 is 13.0 Å². The lowest BCUT2D eigenvalue weighted by Gasteiger charge is -2.04. The van der Waals surface area contributed by atoms with E-state index >= 15 is 0 Å². The van der Waals surface area contributed by atoms with E-state index in [0.29, 0.717) is 4.47 Å². The lowest BCUT2D eigenvalue weighted by molar-refractivity contribution is 0.483. The Bertz CT molecular complexity index is 620. The zero-order valence-corrected chi connectivity index (χ0v) is 9.92. The van der Waals surface area contributed by atoms with Crippen molar-refractivity contribution in [1.29, 1.82) is 0 Å². The summed E-state index contributed by atoms with van der Waals surface area (Å²) in [6, 6.07) is 10.4. The van der Waals surface area contributed by atoms with E-state index < -0.39 is 10.1 Å². The molecule has 3 nitrogen and oxygen atoms in total. The van der Waals surface area contributed by atoms with Crippen molar-refractivity contribution in [3.05, 3.63) is 40.9 Å². The average Bonchev–Trinajstić information content (AvgIpc) is 2.16. The summed E-state index contributed by atoms with van der Waals surface area (Å²) in [7, 11) is -4.17. The molecule has 0 fully saturated rings. The fraction of sp³-hybridized carbons (Fsp3) is 0. The highest BCUT2D eigenvalue weighted by molar-refractivity contribution is 9.10. The Morgan fingerprint density at radius 2 is 1.73 bits per heavy atom. The number of fused-ring (bicyclic) bond motifs is 1. The minimum absolute atomic E-state index is 0.110. The average molecular weight is 287 g/mol. The third-order valence-electron chi connectivity index (χ3n) is 2.11. The van der Waals surface area contributed by atoms with Crippen LogP contribution in [0.3, 0.4) is 0 Å². The van der Waals surface area contributed by atoms with Crippen LogP contribution in [0.25, 0.3) is 10.8 Å². The molecule has 0 aliphatic heterocycles. The first-order valence-corrected chi connectivity index (χ1v) is 6.38. The van der Waals surface area contributed by atoms with Crippen LogP contribution in [-0.4, -0.2) is 13.0 Å². The topological polar surface area (TPSA) is 54.4 Å². The zero-order valence-electron chi connectivity index (χ0n) is 7.51. The molecule has 0 heterocycles. The first-order chi connectivity index (χ1) is 7.00. The quantitative estimate of drug-likeness (QED) is 0.820. The molecule has 2 aromatic rings. The Morgan fingerprint density at radius 1 is 1.07 bits per heavy atom. The normalized spacial score (nSPS) is 11.9. The van der Waals surface area contributed by atoms with Gasteiger partial charge < -0.3 is 0 Å². The van der Waals surface area contributed by atoms with Gasteiger partial charge >= 0.3 is 0 Å². The van der Waals surface area contributed by atoms with Crippen molar-refractivity contribution in [2.75, 3.05) is 0 Å². The molecule has 0 saturated carbocycles. The predicted molar refractivity (Wildman–Crippen MR) is 61.5 cm³/mol. The van der Waals surface area contributed by atoms with E-state index in [1.165, 1.54) is 6.07 Å². The highest BCUT2D eigenvalue weighted by atomic mass is 79.9. The first-order valence-electron chi connectivity index (χ1n) is 4.15. The van der Waals surface area contributed by atoms with Gasteiger partial charge in [0.05, 0.1) is 0 Å². The van der Waals surface area contributed by atoms with Crippen LogP contribution in [0.1, 0.15) is 0 Å². The maximum atomic E-state index is 11.0. The molecular weight excluding hydrogens is 280 g/mol. The second-order valence-electron chi connectivity index (χ2n) is 3.07. The third kappa shape index (κ3) is 1.90. The van der Waals surface area contributed by atoms with E-state index in [9.17, 15) is 8.42 Å². The van der Waals surface area contributed by atoms with Gasteiger partial charge in [-0.05, 0) is 32.8 Å². The van der Waals surface area contributed by atoms with Crippen molar-refractivity contribution >= 4 is 36.8 Å². The Labute approximate surface area is 95.6 Å². The standard InChI is InChI=1S/C10H7BrO3S/c11-10-8-4-2-1-3-7(8)5-6-9(10)15(12,13)14/h1-6H,(H,12,13,14). The molecule has 0 amide bonds. The summed E-state index contributed by atoms with van der Waals surface area (Å²) in [5.41, 5.74) is 0. The number of hydrogen-bond acceptors (Lipinski definition) is 2. The van der Waals surface area contributed by atoms with Crippen LogP contribution in [0.15, 0.2) is 45.8 Å². The van der Waals surface area contributed by atoms with Gasteiger partial charge in [0.2, 0.25) is 0 Å². The van der Waals surface area contributed by atoms with Crippen LogP contribution in [0, 0.1) is 0 Å². The van der Waals surface area contributed by atoms with Crippen molar-refractivity contribution in [3.8, 4) is 0 Å². The Morgan fingerprint density at radius 3 is 2.40 bits per heavy atom. The zero-order chi connectivity index (χ0) is 11.1. The number of halogens is 1. The van der Waals surface area contributed by atoms with Crippen LogP contribution in [0.4, 0.5) is 0 Å². The SMILES string of the molecule is O=S(=O)(O)c1ccc2ccccc2c1Br. The second-order valence-corrected chi connectivity index (χ2v) is 5.26. The highest BCUT2D eigenvalue weighted by Crippen LogP contribution is 2.30. The fourth-order valence-corrected chi connectivity index (χ4v) is 3.10. The number of hydrogen-bond donors (Lipinski definition) is 1. The molecule has 78 valence electrons. The molecule has 0 atom stereocenters. The van der Waals surface area contributed by atoms with Crippen LogP contribution in [0.2, 0.25) is 0 Å². The van der Waals surface area contributed by atoms with Gasteiger partial charge in [0.1, 0.15) is 4.90 Å². The van der Waals surface area contributed by atoms with E-state index in [-0.39, 0.29) is 4.90 Å².